The quantitative estimate of drug-likeness (QED) is 0.358. The summed E-state index contributed by atoms with van der Waals surface area (Å²) in [5.74, 6) is 0.866. The number of nitrogens with zero attached hydrogens (tertiary/aromatic N) is 2. The van der Waals surface area contributed by atoms with Gasteiger partial charge in [0.1, 0.15) is 5.75 Å². The van der Waals surface area contributed by atoms with Crippen LogP contribution in [-0.2, 0) is 0 Å². The van der Waals surface area contributed by atoms with E-state index < -0.39 is 0 Å². The number of methoxy groups -OCH3 is 1. The Balaban J connectivity index is 3.33. The Morgan fingerprint density at radius 2 is 2.16 bits per heavy atom. The van der Waals surface area contributed by atoms with Crippen LogP contribution in [0.25, 0.3) is 0 Å². The molecule has 0 aliphatic carbocycles. The van der Waals surface area contributed by atoms with Crippen molar-refractivity contribution in [3.63, 3.8) is 0 Å². The highest BCUT2D eigenvalue weighted by Crippen LogP contribution is 2.28. The van der Waals surface area contributed by atoms with E-state index in [4.69, 9.17) is 15.7 Å². The van der Waals surface area contributed by atoms with Gasteiger partial charge in [0.15, 0.2) is 5.84 Å². The van der Waals surface area contributed by atoms with Gasteiger partial charge in [0.25, 0.3) is 0 Å². The maximum atomic E-state index is 8.90. The second-order valence-corrected chi connectivity index (χ2v) is 4.66. The number of rotatable bonds is 6. The number of benzene rings is 1. The first kappa shape index (κ1) is 15.1. The molecule has 5 heteroatoms. The van der Waals surface area contributed by atoms with Crippen LogP contribution >= 0.6 is 0 Å². The van der Waals surface area contributed by atoms with Gasteiger partial charge in [-0.3, -0.25) is 0 Å². The summed E-state index contributed by atoms with van der Waals surface area (Å²) in [4.78, 5) is 2.22. The molecule has 0 aliphatic heterocycles. The van der Waals surface area contributed by atoms with Crippen molar-refractivity contribution < 1.29 is 9.94 Å². The van der Waals surface area contributed by atoms with Crippen LogP contribution in [0, 0.1) is 0 Å². The first-order valence-electron chi connectivity index (χ1n) is 6.47. The molecule has 1 rings (SSSR count). The molecule has 1 aromatic rings. The summed E-state index contributed by atoms with van der Waals surface area (Å²) in [6.07, 6.45) is 1.02. The summed E-state index contributed by atoms with van der Waals surface area (Å²) >= 11 is 0. The molecule has 0 amide bonds. The Kier molecular flexibility index (Phi) is 5.48. The van der Waals surface area contributed by atoms with Gasteiger partial charge in [-0.2, -0.15) is 0 Å². The van der Waals surface area contributed by atoms with Gasteiger partial charge in [-0.15, -0.1) is 0 Å². The number of oxime groups is 1. The molecule has 19 heavy (non-hydrogen) atoms. The fourth-order valence-electron chi connectivity index (χ4n) is 2.04. The van der Waals surface area contributed by atoms with Crippen LogP contribution in [0.3, 0.4) is 0 Å². The van der Waals surface area contributed by atoms with Crippen molar-refractivity contribution in [1.82, 2.24) is 0 Å². The highest BCUT2D eigenvalue weighted by atomic mass is 16.5. The summed E-state index contributed by atoms with van der Waals surface area (Å²) in [6.45, 7) is 7.26. The highest BCUT2D eigenvalue weighted by Gasteiger charge is 2.17. The van der Waals surface area contributed by atoms with Gasteiger partial charge >= 0.3 is 0 Å². The van der Waals surface area contributed by atoms with Gasteiger partial charge in [0.2, 0.25) is 0 Å². The zero-order valence-electron chi connectivity index (χ0n) is 12.1. The van der Waals surface area contributed by atoms with Crippen LogP contribution in [0.1, 0.15) is 32.8 Å². The molecule has 0 unspecified atom stereocenters. The van der Waals surface area contributed by atoms with Gasteiger partial charge in [-0.05, 0) is 32.4 Å². The number of hydrogen-bond acceptors (Lipinski definition) is 4. The zero-order chi connectivity index (χ0) is 14.4. The first-order chi connectivity index (χ1) is 9.04. The molecule has 0 heterocycles. The fourth-order valence-corrected chi connectivity index (χ4v) is 2.04. The smallest absolute Gasteiger partial charge is 0.172 e. The molecule has 3 N–H and O–H groups in total. The van der Waals surface area contributed by atoms with Gasteiger partial charge in [0, 0.05) is 24.2 Å². The SMILES string of the molecule is CCCN(c1cc(OC)ccc1/C(N)=N/O)C(C)C. The van der Waals surface area contributed by atoms with E-state index in [2.05, 4.69) is 30.8 Å². The van der Waals surface area contributed by atoms with Gasteiger partial charge in [0.05, 0.1) is 12.8 Å². The van der Waals surface area contributed by atoms with E-state index in [0.717, 1.165) is 24.4 Å². The average Bonchev–Trinajstić information content (AvgIpc) is 2.42. The standard InChI is InChI=1S/C14H23N3O2/c1-5-8-17(10(2)3)13-9-11(19-4)6-7-12(13)14(15)16-18/h6-7,9-10,18H,5,8H2,1-4H3,(H2,15,16). The lowest BCUT2D eigenvalue weighted by Gasteiger charge is -2.30. The molecule has 0 fully saturated rings. The van der Waals surface area contributed by atoms with E-state index in [0.29, 0.717) is 11.6 Å². The van der Waals surface area contributed by atoms with Gasteiger partial charge in [-0.1, -0.05) is 12.1 Å². The second-order valence-electron chi connectivity index (χ2n) is 4.66. The van der Waals surface area contributed by atoms with Crippen molar-refractivity contribution in [1.29, 1.82) is 0 Å². The van der Waals surface area contributed by atoms with Crippen molar-refractivity contribution >= 4 is 11.5 Å². The average molecular weight is 265 g/mol. The molecule has 0 bridgehead atoms. The number of anilines is 1. The van der Waals surface area contributed by atoms with Gasteiger partial charge in [-0.25, -0.2) is 0 Å². The number of amidine groups is 1. The Bertz CT molecular complexity index is 444. The predicted molar refractivity (Wildman–Crippen MR) is 78.3 cm³/mol. The van der Waals surface area contributed by atoms with Gasteiger partial charge < -0.3 is 20.6 Å². The summed E-state index contributed by atoms with van der Waals surface area (Å²) in [7, 11) is 1.63. The van der Waals surface area contributed by atoms with Crippen molar-refractivity contribution in [2.24, 2.45) is 10.9 Å². The lowest BCUT2D eigenvalue weighted by molar-refractivity contribution is 0.318. The van der Waals surface area contributed by atoms with Crippen LogP contribution in [0.5, 0.6) is 5.75 Å². The maximum absolute atomic E-state index is 8.90. The topological polar surface area (TPSA) is 71.1 Å². The van der Waals surface area contributed by atoms with Crippen molar-refractivity contribution in [3.8, 4) is 5.75 Å². The third-order valence-electron chi connectivity index (χ3n) is 2.99. The number of ether oxygens (including phenoxy) is 1. The van der Waals surface area contributed by atoms with Crippen LogP contribution < -0.4 is 15.4 Å². The molecule has 0 aromatic heterocycles. The van der Waals surface area contributed by atoms with E-state index in [1.165, 1.54) is 0 Å². The monoisotopic (exact) mass is 265 g/mol. The van der Waals surface area contributed by atoms with E-state index in [1.807, 2.05) is 12.1 Å². The third-order valence-corrected chi connectivity index (χ3v) is 2.99. The van der Waals surface area contributed by atoms with Crippen molar-refractivity contribution in [2.45, 2.75) is 33.2 Å². The molecule has 0 spiro atoms. The normalized spacial score (nSPS) is 11.7. The highest BCUT2D eigenvalue weighted by molar-refractivity contribution is 6.02. The summed E-state index contributed by atoms with van der Waals surface area (Å²) < 4.78 is 5.26. The molecule has 0 saturated heterocycles. The number of nitrogens with two attached hydrogens (primary N) is 1. The Hall–Kier alpha value is -1.91. The summed E-state index contributed by atoms with van der Waals surface area (Å²) in [5.41, 5.74) is 7.39. The molecule has 0 radical (unpaired) electrons. The van der Waals surface area contributed by atoms with Crippen LogP contribution in [0.4, 0.5) is 5.69 Å². The zero-order valence-corrected chi connectivity index (χ0v) is 12.1. The largest absolute Gasteiger partial charge is 0.497 e. The lowest BCUT2D eigenvalue weighted by Crippen LogP contribution is -2.33. The molecule has 0 aliphatic rings. The molecule has 0 atom stereocenters. The Morgan fingerprint density at radius 3 is 2.63 bits per heavy atom. The van der Waals surface area contributed by atoms with Crippen molar-refractivity contribution in [2.75, 3.05) is 18.6 Å². The predicted octanol–water partition coefficient (Wildman–Crippen LogP) is 2.41. The lowest BCUT2D eigenvalue weighted by atomic mass is 10.1. The molecule has 0 saturated carbocycles. The minimum atomic E-state index is 0.111. The fraction of sp³-hybridized carbons (Fsp3) is 0.500. The summed E-state index contributed by atoms with van der Waals surface area (Å²) in [6, 6.07) is 5.86. The minimum absolute atomic E-state index is 0.111. The Labute approximate surface area is 114 Å². The third kappa shape index (κ3) is 3.53. The van der Waals surface area contributed by atoms with Crippen LogP contribution in [0.15, 0.2) is 23.4 Å². The summed E-state index contributed by atoms with van der Waals surface area (Å²) in [5, 5.41) is 12.0. The van der Waals surface area contributed by atoms with Crippen LogP contribution in [0.2, 0.25) is 0 Å². The van der Waals surface area contributed by atoms with E-state index in [-0.39, 0.29) is 5.84 Å². The number of hydrogen-bond donors (Lipinski definition) is 2. The molecule has 5 nitrogen and oxygen atoms in total. The molecular weight excluding hydrogens is 242 g/mol. The molecule has 106 valence electrons. The molecule has 1 aromatic carbocycles. The van der Waals surface area contributed by atoms with Crippen LogP contribution in [-0.4, -0.2) is 30.7 Å². The Morgan fingerprint density at radius 1 is 1.47 bits per heavy atom. The first-order valence-corrected chi connectivity index (χ1v) is 6.47. The van der Waals surface area contributed by atoms with E-state index in [9.17, 15) is 0 Å². The second kappa shape index (κ2) is 6.87. The van der Waals surface area contributed by atoms with E-state index >= 15 is 0 Å². The van der Waals surface area contributed by atoms with E-state index in [1.54, 1.807) is 13.2 Å². The minimum Gasteiger partial charge on any atom is -0.497 e. The maximum Gasteiger partial charge on any atom is 0.172 e. The van der Waals surface area contributed by atoms with Crippen molar-refractivity contribution in [3.05, 3.63) is 23.8 Å². The molecular formula is C14H23N3O2.